The molecule has 2 aromatic rings. The lowest BCUT2D eigenvalue weighted by Crippen LogP contribution is -2.04. The second-order valence-electron chi connectivity index (χ2n) is 4.13. The molecule has 3 nitrogen and oxygen atoms in total. The number of nitrogens with zero attached hydrogens (tertiary/aromatic N) is 2. The first kappa shape index (κ1) is 13.1. The van der Waals surface area contributed by atoms with Gasteiger partial charge >= 0.3 is 0 Å². The Morgan fingerprint density at radius 2 is 2.22 bits per heavy atom. The number of benzene rings is 1. The zero-order valence-corrected chi connectivity index (χ0v) is 10.9. The third-order valence-corrected chi connectivity index (χ3v) is 3.22. The molecule has 0 saturated carbocycles. The Morgan fingerprint density at radius 3 is 2.89 bits per heavy atom. The van der Waals surface area contributed by atoms with E-state index >= 15 is 0 Å². The second-order valence-corrected chi connectivity index (χ2v) is 4.54. The monoisotopic (exact) mass is 267 g/mol. The molecule has 1 heterocycles. The Balaban J connectivity index is 2.43. The van der Waals surface area contributed by atoms with E-state index in [2.05, 4.69) is 5.10 Å². The summed E-state index contributed by atoms with van der Waals surface area (Å²) in [7, 11) is 0. The van der Waals surface area contributed by atoms with Crippen molar-refractivity contribution in [2.24, 2.45) is 5.73 Å². The van der Waals surface area contributed by atoms with E-state index in [1.165, 1.54) is 6.07 Å². The van der Waals surface area contributed by atoms with Crippen LogP contribution in [-0.4, -0.2) is 16.3 Å². The van der Waals surface area contributed by atoms with Crippen molar-refractivity contribution >= 4 is 11.6 Å². The highest BCUT2D eigenvalue weighted by Gasteiger charge is 2.14. The van der Waals surface area contributed by atoms with Crippen LogP contribution in [0.3, 0.4) is 0 Å². The van der Waals surface area contributed by atoms with Crippen molar-refractivity contribution in [2.75, 3.05) is 6.54 Å². The minimum absolute atomic E-state index is 0.302. The predicted molar refractivity (Wildman–Crippen MR) is 70.6 cm³/mol. The summed E-state index contributed by atoms with van der Waals surface area (Å²) in [6, 6.07) is 4.61. The summed E-state index contributed by atoms with van der Waals surface area (Å²) in [6.07, 6.45) is 3.47. The highest BCUT2D eigenvalue weighted by molar-refractivity contribution is 6.32. The van der Waals surface area contributed by atoms with E-state index in [-0.39, 0.29) is 5.82 Å². The molecule has 5 heteroatoms. The standard InChI is InChI=1S/C13H15ClFN3/c1-9-10(4-3-7-16)8-17-18(9)13-11(14)5-2-6-12(13)15/h2,5-6,8H,3-4,7,16H2,1H3. The zero-order chi connectivity index (χ0) is 13.1. The minimum atomic E-state index is -0.376. The molecular formula is C13H15ClFN3. The fraction of sp³-hybridized carbons (Fsp3) is 0.308. The van der Waals surface area contributed by atoms with E-state index in [4.69, 9.17) is 17.3 Å². The lowest BCUT2D eigenvalue weighted by Gasteiger charge is -2.08. The maximum Gasteiger partial charge on any atom is 0.150 e. The Labute approximate surface area is 110 Å². The minimum Gasteiger partial charge on any atom is -0.330 e. The van der Waals surface area contributed by atoms with Crippen LogP contribution >= 0.6 is 11.6 Å². The van der Waals surface area contributed by atoms with Gasteiger partial charge in [-0.15, -0.1) is 0 Å². The lowest BCUT2D eigenvalue weighted by molar-refractivity contribution is 0.608. The molecule has 0 radical (unpaired) electrons. The van der Waals surface area contributed by atoms with Gasteiger partial charge in [-0.25, -0.2) is 9.07 Å². The number of para-hydroxylation sites is 1. The number of halogens is 2. The smallest absolute Gasteiger partial charge is 0.150 e. The Kier molecular flexibility index (Phi) is 3.99. The molecule has 1 aromatic heterocycles. The Morgan fingerprint density at radius 1 is 1.44 bits per heavy atom. The molecule has 0 aliphatic carbocycles. The van der Waals surface area contributed by atoms with E-state index in [0.717, 1.165) is 24.1 Å². The van der Waals surface area contributed by atoms with Gasteiger partial charge in [0.15, 0.2) is 0 Å². The van der Waals surface area contributed by atoms with Gasteiger partial charge in [-0.2, -0.15) is 5.10 Å². The Hall–Kier alpha value is -1.39. The van der Waals surface area contributed by atoms with Crippen molar-refractivity contribution in [2.45, 2.75) is 19.8 Å². The van der Waals surface area contributed by atoms with Gasteiger partial charge in [0.25, 0.3) is 0 Å². The molecule has 2 rings (SSSR count). The van der Waals surface area contributed by atoms with E-state index in [0.29, 0.717) is 17.3 Å². The molecule has 0 aliphatic rings. The van der Waals surface area contributed by atoms with Crippen LogP contribution in [0.25, 0.3) is 5.69 Å². The third-order valence-electron chi connectivity index (χ3n) is 2.91. The summed E-state index contributed by atoms with van der Waals surface area (Å²) in [6.45, 7) is 2.53. The van der Waals surface area contributed by atoms with E-state index in [1.807, 2.05) is 6.92 Å². The van der Waals surface area contributed by atoms with Gasteiger partial charge in [0.05, 0.1) is 11.2 Å². The van der Waals surface area contributed by atoms with E-state index in [1.54, 1.807) is 23.0 Å². The molecule has 2 N–H and O–H groups in total. The molecule has 0 spiro atoms. The van der Waals surface area contributed by atoms with Crippen LogP contribution in [0.5, 0.6) is 0 Å². The molecule has 96 valence electrons. The van der Waals surface area contributed by atoms with Crippen molar-refractivity contribution in [3.8, 4) is 5.69 Å². The molecule has 1 aromatic carbocycles. The summed E-state index contributed by atoms with van der Waals surface area (Å²) >= 11 is 6.03. The number of aromatic nitrogens is 2. The van der Waals surface area contributed by atoms with E-state index in [9.17, 15) is 4.39 Å². The van der Waals surface area contributed by atoms with Gasteiger partial charge in [-0.3, -0.25) is 0 Å². The summed E-state index contributed by atoms with van der Waals surface area (Å²) in [5, 5.41) is 4.57. The molecule has 18 heavy (non-hydrogen) atoms. The van der Waals surface area contributed by atoms with Crippen LogP contribution in [0.2, 0.25) is 5.02 Å². The molecule has 0 saturated heterocycles. The molecular weight excluding hydrogens is 253 g/mol. The van der Waals surface area contributed by atoms with Crippen molar-refractivity contribution in [3.63, 3.8) is 0 Å². The van der Waals surface area contributed by atoms with Crippen LogP contribution in [0, 0.1) is 12.7 Å². The number of aryl methyl sites for hydroxylation is 1. The SMILES string of the molecule is Cc1c(CCCN)cnn1-c1c(F)cccc1Cl. The number of nitrogens with two attached hydrogens (primary N) is 1. The maximum absolute atomic E-state index is 13.8. The summed E-state index contributed by atoms with van der Waals surface area (Å²) < 4.78 is 15.4. The fourth-order valence-electron chi connectivity index (χ4n) is 1.90. The average molecular weight is 268 g/mol. The first-order valence-corrected chi connectivity index (χ1v) is 6.21. The normalized spacial score (nSPS) is 10.9. The zero-order valence-electron chi connectivity index (χ0n) is 10.2. The van der Waals surface area contributed by atoms with Crippen LogP contribution in [0.4, 0.5) is 4.39 Å². The first-order valence-electron chi connectivity index (χ1n) is 5.83. The van der Waals surface area contributed by atoms with Gasteiger partial charge in [0, 0.05) is 5.69 Å². The van der Waals surface area contributed by atoms with Crippen LogP contribution in [0.1, 0.15) is 17.7 Å². The average Bonchev–Trinajstić information content (AvgIpc) is 2.69. The van der Waals surface area contributed by atoms with Crippen LogP contribution < -0.4 is 5.73 Å². The Bertz CT molecular complexity index is 531. The van der Waals surface area contributed by atoms with Gasteiger partial charge in [0.2, 0.25) is 0 Å². The van der Waals surface area contributed by atoms with E-state index < -0.39 is 0 Å². The molecule has 0 amide bonds. The topological polar surface area (TPSA) is 43.8 Å². The summed E-state index contributed by atoms with van der Waals surface area (Å²) in [5.74, 6) is -0.376. The van der Waals surface area contributed by atoms with Crippen LogP contribution in [-0.2, 0) is 6.42 Å². The number of hydrogen-bond donors (Lipinski definition) is 1. The molecule has 0 bridgehead atoms. The van der Waals surface area contributed by atoms with Crippen LogP contribution in [0.15, 0.2) is 24.4 Å². The van der Waals surface area contributed by atoms with Crippen molar-refractivity contribution in [1.82, 2.24) is 9.78 Å². The molecule has 0 fully saturated rings. The van der Waals surface area contributed by atoms with Crippen molar-refractivity contribution in [1.29, 1.82) is 0 Å². The third kappa shape index (κ3) is 2.40. The number of rotatable bonds is 4. The summed E-state index contributed by atoms with van der Waals surface area (Å²) in [5.41, 5.74) is 7.75. The highest BCUT2D eigenvalue weighted by atomic mass is 35.5. The fourth-order valence-corrected chi connectivity index (χ4v) is 2.14. The molecule has 0 aliphatic heterocycles. The quantitative estimate of drug-likeness (QED) is 0.926. The molecule has 0 unspecified atom stereocenters. The molecule has 0 atom stereocenters. The lowest BCUT2D eigenvalue weighted by atomic mass is 10.1. The van der Waals surface area contributed by atoms with Crippen molar-refractivity contribution in [3.05, 3.63) is 46.5 Å². The van der Waals surface area contributed by atoms with Gasteiger partial charge < -0.3 is 5.73 Å². The number of hydrogen-bond acceptors (Lipinski definition) is 2. The highest BCUT2D eigenvalue weighted by Crippen LogP contribution is 2.25. The summed E-state index contributed by atoms with van der Waals surface area (Å²) in [4.78, 5) is 0. The van der Waals surface area contributed by atoms with Gasteiger partial charge in [-0.1, -0.05) is 17.7 Å². The second kappa shape index (κ2) is 5.50. The largest absolute Gasteiger partial charge is 0.330 e. The van der Waals surface area contributed by atoms with Gasteiger partial charge in [0.1, 0.15) is 11.5 Å². The first-order chi connectivity index (χ1) is 8.65. The maximum atomic E-state index is 13.8. The predicted octanol–water partition coefficient (Wildman–Crippen LogP) is 2.86. The van der Waals surface area contributed by atoms with Crippen molar-refractivity contribution < 1.29 is 4.39 Å². The van der Waals surface area contributed by atoms with Gasteiger partial charge in [-0.05, 0) is 44.0 Å².